The highest BCUT2D eigenvalue weighted by molar-refractivity contribution is 6.33. The molecule has 0 radical (unpaired) electrons. The number of urea groups is 1. The first-order valence-corrected chi connectivity index (χ1v) is 7.56. The first kappa shape index (κ1) is 17.2. The topological polar surface area (TPSA) is 44.4 Å². The molecule has 2 aromatic rings. The average Bonchev–Trinajstić information content (AvgIpc) is 2.49. The van der Waals surface area contributed by atoms with E-state index in [4.69, 9.17) is 11.6 Å². The van der Waals surface area contributed by atoms with Gasteiger partial charge in [-0.15, -0.1) is 0 Å². The van der Waals surface area contributed by atoms with E-state index in [9.17, 15) is 9.18 Å². The van der Waals surface area contributed by atoms with Crippen LogP contribution >= 0.6 is 11.6 Å². The highest BCUT2D eigenvalue weighted by atomic mass is 35.5. The lowest BCUT2D eigenvalue weighted by atomic mass is 10.1. The van der Waals surface area contributed by atoms with Gasteiger partial charge in [0.05, 0.1) is 16.8 Å². The summed E-state index contributed by atoms with van der Waals surface area (Å²) >= 11 is 6.00. The van der Waals surface area contributed by atoms with Crippen LogP contribution in [0.25, 0.3) is 0 Å². The number of benzene rings is 2. The number of rotatable bonds is 5. The molecule has 2 aromatic carbocycles. The minimum absolute atomic E-state index is 0.136. The lowest BCUT2D eigenvalue weighted by Gasteiger charge is -2.25. The predicted molar refractivity (Wildman–Crippen MR) is 91.3 cm³/mol. The monoisotopic (exact) mass is 335 g/mol. The van der Waals surface area contributed by atoms with Gasteiger partial charge in [0, 0.05) is 6.54 Å². The van der Waals surface area contributed by atoms with Crippen LogP contribution in [-0.4, -0.2) is 31.6 Å². The van der Waals surface area contributed by atoms with Gasteiger partial charge in [-0.3, -0.25) is 0 Å². The van der Waals surface area contributed by atoms with Crippen molar-refractivity contribution in [2.24, 2.45) is 0 Å². The number of carbonyl (C=O) groups excluding carboxylic acids is 1. The second-order valence-corrected chi connectivity index (χ2v) is 5.76. The Balaban J connectivity index is 1.99. The van der Waals surface area contributed by atoms with Crippen molar-refractivity contribution in [3.63, 3.8) is 0 Å². The zero-order chi connectivity index (χ0) is 16.8. The molecule has 23 heavy (non-hydrogen) atoms. The number of carbonyl (C=O) groups is 1. The van der Waals surface area contributed by atoms with Gasteiger partial charge < -0.3 is 15.5 Å². The Labute approximate surface area is 140 Å². The van der Waals surface area contributed by atoms with Crippen molar-refractivity contribution in [2.45, 2.75) is 6.04 Å². The Bertz CT molecular complexity index is 678. The first-order chi connectivity index (χ1) is 11.0. The fourth-order valence-electron chi connectivity index (χ4n) is 2.23. The molecule has 0 spiro atoms. The van der Waals surface area contributed by atoms with Crippen molar-refractivity contribution in [1.82, 2.24) is 10.2 Å². The van der Waals surface area contributed by atoms with Crippen LogP contribution in [0, 0.1) is 5.82 Å². The van der Waals surface area contributed by atoms with Crippen LogP contribution in [0.1, 0.15) is 11.6 Å². The summed E-state index contributed by atoms with van der Waals surface area (Å²) < 4.78 is 13.4. The third kappa shape index (κ3) is 4.94. The number of halogens is 2. The van der Waals surface area contributed by atoms with Crippen LogP contribution in [0.3, 0.4) is 0 Å². The molecule has 1 unspecified atom stereocenters. The van der Waals surface area contributed by atoms with Gasteiger partial charge in [-0.25, -0.2) is 9.18 Å². The summed E-state index contributed by atoms with van der Waals surface area (Å²) in [5.74, 6) is -0.296. The van der Waals surface area contributed by atoms with Gasteiger partial charge in [-0.1, -0.05) is 35.9 Å². The molecule has 6 heteroatoms. The zero-order valence-electron chi connectivity index (χ0n) is 13.0. The first-order valence-electron chi connectivity index (χ1n) is 7.18. The quantitative estimate of drug-likeness (QED) is 0.870. The van der Waals surface area contributed by atoms with E-state index in [1.807, 2.05) is 25.1 Å². The largest absolute Gasteiger partial charge is 0.336 e. The molecule has 1 atom stereocenters. The highest BCUT2D eigenvalue weighted by Gasteiger charge is 2.16. The molecule has 4 nitrogen and oxygen atoms in total. The molecule has 2 N–H and O–H groups in total. The number of nitrogens with zero attached hydrogens (tertiary/aromatic N) is 1. The van der Waals surface area contributed by atoms with Crippen molar-refractivity contribution in [3.05, 3.63) is 64.9 Å². The lowest BCUT2D eigenvalue weighted by molar-refractivity contribution is 0.243. The number of para-hydroxylation sites is 1. The summed E-state index contributed by atoms with van der Waals surface area (Å²) in [6.07, 6.45) is 0. The Morgan fingerprint density at radius 1 is 1.22 bits per heavy atom. The molecule has 0 aromatic heterocycles. The van der Waals surface area contributed by atoms with E-state index >= 15 is 0 Å². The summed E-state index contributed by atoms with van der Waals surface area (Å²) in [7, 11) is 3.76. The van der Waals surface area contributed by atoms with Crippen molar-refractivity contribution in [3.8, 4) is 0 Å². The number of nitrogens with one attached hydrogen (secondary N) is 2. The maximum atomic E-state index is 13.4. The second-order valence-electron chi connectivity index (χ2n) is 5.35. The van der Waals surface area contributed by atoms with Crippen molar-refractivity contribution in [1.29, 1.82) is 0 Å². The van der Waals surface area contributed by atoms with Crippen LogP contribution < -0.4 is 10.6 Å². The third-order valence-corrected chi connectivity index (χ3v) is 3.76. The molecule has 2 rings (SSSR count). The van der Waals surface area contributed by atoms with E-state index in [0.29, 0.717) is 17.3 Å². The number of likely N-dealkylation sites (N-methyl/N-ethyl adjacent to an activating group) is 1. The highest BCUT2D eigenvalue weighted by Crippen LogP contribution is 2.21. The Morgan fingerprint density at radius 2 is 1.96 bits per heavy atom. The van der Waals surface area contributed by atoms with Crippen molar-refractivity contribution < 1.29 is 9.18 Å². The Morgan fingerprint density at radius 3 is 2.61 bits per heavy atom. The van der Waals surface area contributed by atoms with Crippen LogP contribution in [0.15, 0.2) is 48.5 Å². The zero-order valence-corrected chi connectivity index (χ0v) is 13.8. The molecule has 0 heterocycles. The van der Waals surface area contributed by atoms with Gasteiger partial charge in [0.1, 0.15) is 5.82 Å². The SMILES string of the molecule is CN(C)C(CNC(=O)Nc1ccccc1Cl)c1cccc(F)c1. The fraction of sp³-hybridized carbons (Fsp3) is 0.235. The molecule has 0 saturated carbocycles. The summed E-state index contributed by atoms with van der Waals surface area (Å²) in [5.41, 5.74) is 1.34. The van der Waals surface area contributed by atoms with E-state index in [1.54, 1.807) is 30.3 Å². The minimum atomic E-state index is -0.360. The van der Waals surface area contributed by atoms with Crippen LogP contribution in [0.2, 0.25) is 5.02 Å². The number of anilines is 1. The maximum absolute atomic E-state index is 13.4. The Hall–Kier alpha value is -2.11. The van der Waals surface area contributed by atoms with E-state index < -0.39 is 0 Å². The summed E-state index contributed by atoms with van der Waals surface area (Å²) in [4.78, 5) is 13.9. The molecule has 0 aliphatic carbocycles. The standard InChI is InChI=1S/C17H19ClFN3O/c1-22(2)16(12-6-5-7-13(19)10-12)11-20-17(23)21-15-9-4-3-8-14(15)18/h3-10,16H,11H2,1-2H3,(H2,20,21,23). The summed E-state index contributed by atoms with van der Waals surface area (Å²) in [6.45, 7) is 0.340. The van der Waals surface area contributed by atoms with Gasteiger partial charge in [0.15, 0.2) is 0 Å². The van der Waals surface area contributed by atoms with Crippen LogP contribution in [0.5, 0.6) is 0 Å². The second kappa shape index (κ2) is 7.94. The van der Waals surface area contributed by atoms with Crippen molar-refractivity contribution >= 4 is 23.3 Å². The normalized spacial score (nSPS) is 12.0. The maximum Gasteiger partial charge on any atom is 0.319 e. The van der Waals surface area contributed by atoms with E-state index in [1.165, 1.54) is 12.1 Å². The molecular weight excluding hydrogens is 317 g/mol. The van der Waals surface area contributed by atoms with E-state index in [2.05, 4.69) is 10.6 Å². The van der Waals surface area contributed by atoms with Gasteiger partial charge >= 0.3 is 6.03 Å². The molecule has 0 aliphatic heterocycles. The van der Waals surface area contributed by atoms with Crippen LogP contribution in [0.4, 0.5) is 14.9 Å². The molecule has 0 saturated heterocycles. The summed E-state index contributed by atoms with van der Waals surface area (Å²) in [6, 6.07) is 12.9. The smallest absolute Gasteiger partial charge is 0.319 e. The average molecular weight is 336 g/mol. The van der Waals surface area contributed by atoms with Crippen LogP contribution in [-0.2, 0) is 0 Å². The fourth-order valence-corrected chi connectivity index (χ4v) is 2.41. The van der Waals surface area contributed by atoms with Gasteiger partial charge in [0.2, 0.25) is 0 Å². The predicted octanol–water partition coefficient (Wildman–Crippen LogP) is 3.90. The van der Waals surface area contributed by atoms with Crippen molar-refractivity contribution in [2.75, 3.05) is 26.0 Å². The number of hydrogen-bond donors (Lipinski definition) is 2. The van der Waals surface area contributed by atoms with E-state index in [-0.39, 0.29) is 17.9 Å². The molecule has 122 valence electrons. The molecule has 0 fully saturated rings. The Kier molecular flexibility index (Phi) is 5.96. The molecular formula is C17H19ClFN3O. The number of hydrogen-bond acceptors (Lipinski definition) is 2. The lowest BCUT2D eigenvalue weighted by Crippen LogP contribution is -2.37. The molecule has 0 bridgehead atoms. The van der Waals surface area contributed by atoms with Gasteiger partial charge in [-0.2, -0.15) is 0 Å². The molecule has 2 amide bonds. The van der Waals surface area contributed by atoms with E-state index in [0.717, 1.165) is 5.56 Å². The summed E-state index contributed by atoms with van der Waals surface area (Å²) in [5, 5.41) is 5.95. The minimum Gasteiger partial charge on any atom is -0.336 e. The van der Waals surface area contributed by atoms with Gasteiger partial charge in [-0.05, 0) is 43.9 Å². The van der Waals surface area contributed by atoms with Gasteiger partial charge in [0.25, 0.3) is 0 Å². The molecule has 0 aliphatic rings. The number of amides is 2. The third-order valence-electron chi connectivity index (χ3n) is 3.43.